The average Bonchev–Trinajstić information content (AvgIpc) is 2.37. The minimum absolute atomic E-state index is 0.377. The summed E-state index contributed by atoms with van der Waals surface area (Å²) >= 11 is 0. The largest absolute Gasteiger partial charge is 0.318 e. The zero-order valence-electron chi connectivity index (χ0n) is 11.8. The topological polar surface area (TPSA) is 61.4 Å². The van der Waals surface area contributed by atoms with E-state index in [2.05, 4.69) is 21.9 Å². The summed E-state index contributed by atoms with van der Waals surface area (Å²) in [4.78, 5) is 2.41. The fraction of sp³-hybridized carbons (Fsp3) is 1.00. The first kappa shape index (κ1) is 15.9. The average molecular weight is 277 g/mol. The van der Waals surface area contributed by atoms with E-state index in [0.717, 1.165) is 32.5 Å². The molecule has 0 amide bonds. The van der Waals surface area contributed by atoms with Gasteiger partial charge >= 0.3 is 0 Å². The van der Waals surface area contributed by atoms with Crippen LogP contribution in [0.5, 0.6) is 0 Å². The van der Waals surface area contributed by atoms with Crippen molar-refractivity contribution in [1.82, 2.24) is 14.9 Å². The monoisotopic (exact) mass is 277 g/mol. The van der Waals surface area contributed by atoms with Gasteiger partial charge in [-0.1, -0.05) is 6.92 Å². The Hall–Kier alpha value is -0.170. The lowest BCUT2D eigenvalue weighted by Gasteiger charge is -2.31. The van der Waals surface area contributed by atoms with Crippen molar-refractivity contribution in [3.63, 3.8) is 0 Å². The minimum atomic E-state index is -3.17. The molecule has 0 aromatic carbocycles. The molecule has 2 N–H and O–H groups in total. The van der Waals surface area contributed by atoms with Crippen molar-refractivity contribution in [2.75, 3.05) is 39.8 Å². The zero-order chi connectivity index (χ0) is 13.6. The van der Waals surface area contributed by atoms with Crippen LogP contribution >= 0.6 is 0 Å². The number of likely N-dealkylation sites (tertiary alicyclic amines) is 1. The van der Waals surface area contributed by atoms with Gasteiger partial charge in [-0.3, -0.25) is 0 Å². The highest BCUT2D eigenvalue weighted by atomic mass is 32.2. The first-order chi connectivity index (χ1) is 8.49. The number of sulfonamides is 1. The predicted octanol–water partition coefficient (Wildman–Crippen LogP) is 0.246. The fourth-order valence-electron chi connectivity index (χ4n) is 2.28. The third-order valence-electron chi connectivity index (χ3n) is 3.75. The molecule has 0 saturated carbocycles. The Morgan fingerprint density at radius 1 is 1.33 bits per heavy atom. The predicted molar refractivity (Wildman–Crippen MR) is 75.1 cm³/mol. The molecule has 1 saturated heterocycles. The van der Waals surface area contributed by atoms with Crippen molar-refractivity contribution in [1.29, 1.82) is 0 Å². The summed E-state index contributed by atoms with van der Waals surface area (Å²) in [5.74, 6) is 0.490. The summed E-state index contributed by atoms with van der Waals surface area (Å²) in [6.07, 6.45) is 2.19. The van der Waals surface area contributed by atoms with E-state index in [1.807, 2.05) is 0 Å². The van der Waals surface area contributed by atoms with Gasteiger partial charge < -0.3 is 10.2 Å². The highest BCUT2D eigenvalue weighted by Gasteiger charge is 2.23. The molecule has 0 radical (unpaired) electrons. The van der Waals surface area contributed by atoms with Gasteiger partial charge in [-0.05, 0) is 52.4 Å². The molecular weight excluding hydrogens is 250 g/mol. The van der Waals surface area contributed by atoms with Crippen molar-refractivity contribution in [3.05, 3.63) is 0 Å². The van der Waals surface area contributed by atoms with Crippen LogP contribution in [0.15, 0.2) is 0 Å². The third kappa shape index (κ3) is 4.84. The number of piperidine rings is 1. The molecule has 5 nitrogen and oxygen atoms in total. The van der Waals surface area contributed by atoms with E-state index in [1.165, 1.54) is 0 Å². The molecule has 0 aromatic rings. The maximum Gasteiger partial charge on any atom is 0.215 e. The van der Waals surface area contributed by atoms with Gasteiger partial charge in [0, 0.05) is 13.1 Å². The molecule has 1 heterocycles. The van der Waals surface area contributed by atoms with Crippen LogP contribution in [-0.4, -0.2) is 58.3 Å². The molecule has 108 valence electrons. The van der Waals surface area contributed by atoms with Crippen LogP contribution in [0.1, 0.15) is 26.7 Å². The van der Waals surface area contributed by atoms with E-state index < -0.39 is 10.0 Å². The van der Waals surface area contributed by atoms with Crippen LogP contribution < -0.4 is 10.0 Å². The second-order valence-corrected chi connectivity index (χ2v) is 7.32. The van der Waals surface area contributed by atoms with Crippen molar-refractivity contribution >= 4 is 10.0 Å². The first-order valence-corrected chi connectivity index (χ1v) is 8.39. The summed E-state index contributed by atoms with van der Waals surface area (Å²) in [5.41, 5.74) is 0. The lowest BCUT2D eigenvalue weighted by atomic mass is 9.97. The molecule has 1 unspecified atom stereocenters. The molecule has 6 heteroatoms. The molecule has 0 aliphatic carbocycles. The van der Waals surface area contributed by atoms with Crippen molar-refractivity contribution in [2.45, 2.75) is 31.9 Å². The maximum atomic E-state index is 11.9. The van der Waals surface area contributed by atoms with Gasteiger partial charge in [0.05, 0.1) is 5.25 Å². The lowest BCUT2D eigenvalue weighted by molar-refractivity contribution is 0.193. The van der Waals surface area contributed by atoms with Crippen LogP contribution in [0.25, 0.3) is 0 Å². The second-order valence-electron chi connectivity index (χ2n) is 5.14. The molecule has 1 fully saturated rings. The van der Waals surface area contributed by atoms with E-state index in [1.54, 1.807) is 14.0 Å². The molecular formula is C12H27N3O2S. The Balaban J connectivity index is 2.33. The quantitative estimate of drug-likeness (QED) is 0.700. The van der Waals surface area contributed by atoms with E-state index in [4.69, 9.17) is 0 Å². The molecule has 18 heavy (non-hydrogen) atoms. The Kier molecular flexibility index (Phi) is 6.55. The third-order valence-corrected chi connectivity index (χ3v) is 5.54. The molecule has 1 aliphatic rings. The van der Waals surface area contributed by atoms with E-state index in [9.17, 15) is 8.42 Å². The van der Waals surface area contributed by atoms with Gasteiger partial charge in [-0.25, -0.2) is 13.1 Å². The van der Waals surface area contributed by atoms with Gasteiger partial charge in [0.15, 0.2) is 0 Å². The van der Waals surface area contributed by atoms with Crippen LogP contribution in [0.3, 0.4) is 0 Å². The number of nitrogens with zero attached hydrogens (tertiary/aromatic N) is 1. The smallest absolute Gasteiger partial charge is 0.215 e. The normalized spacial score (nSPS) is 21.1. The SMILES string of the molecule is CCN1CCC(CNS(=O)(=O)C(C)CNC)CC1. The van der Waals surface area contributed by atoms with Crippen molar-refractivity contribution in [3.8, 4) is 0 Å². The lowest BCUT2D eigenvalue weighted by Crippen LogP contribution is -2.42. The van der Waals surface area contributed by atoms with E-state index >= 15 is 0 Å². The molecule has 0 spiro atoms. The summed E-state index contributed by atoms with van der Waals surface area (Å²) in [7, 11) is -1.40. The van der Waals surface area contributed by atoms with Crippen LogP contribution in [0.4, 0.5) is 0 Å². The Morgan fingerprint density at radius 3 is 2.44 bits per heavy atom. The molecule has 1 atom stereocenters. The molecule has 0 bridgehead atoms. The highest BCUT2D eigenvalue weighted by Crippen LogP contribution is 2.16. The highest BCUT2D eigenvalue weighted by molar-refractivity contribution is 7.90. The van der Waals surface area contributed by atoms with Crippen LogP contribution in [0, 0.1) is 5.92 Å². The number of rotatable bonds is 7. The first-order valence-electron chi connectivity index (χ1n) is 6.85. The van der Waals surface area contributed by atoms with E-state index in [0.29, 0.717) is 19.0 Å². The Labute approximate surface area is 111 Å². The van der Waals surface area contributed by atoms with Crippen molar-refractivity contribution in [2.24, 2.45) is 5.92 Å². The number of nitrogens with one attached hydrogen (secondary N) is 2. The number of hydrogen-bond donors (Lipinski definition) is 2. The minimum Gasteiger partial charge on any atom is -0.318 e. The van der Waals surface area contributed by atoms with Crippen LogP contribution in [0.2, 0.25) is 0 Å². The van der Waals surface area contributed by atoms with Gasteiger partial charge in [0.1, 0.15) is 0 Å². The summed E-state index contributed by atoms with van der Waals surface area (Å²) in [6, 6.07) is 0. The number of hydrogen-bond acceptors (Lipinski definition) is 4. The van der Waals surface area contributed by atoms with Gasteiger partial charge in [-0.2, -0.15) is 0 Å². The van der Waals surface area contributed by atoms with Gasteiger partial charge in [0.2, 0.25) is 10.0 Å². The summed E-state index contributed by atoms with van der Waals surface area (Å²) in [6.45, 7) is 8.26. The van der Waals surface area contributed by atoms with Crippen LogP contribution in [-0.2, 0) is 10.0 Å². The second kappa shape index (κ2) is 7.43. The molecule has 0 aromatic heterocycles. The zero-order valence-corrected chi connectivity index (χ0v) is 12.6. The van der Waals surface area contributed by atoms with Gasteiger partial charge in [0.25, 0.3) is 0 Å². The molecule has 1 aliphatic heterocycles. The Bertz CT molecular complexity index is 324. The summed E-state index contributed by atoms with van der Waals surface area (Å²) in [5, 5.41) is 2.52. The maximum absolute atomic E-state index is 11.9. The van der Waals surface area contributed by atoms with Gasteiger partial charge in [-0.15, -0.1) is 0 Å². The summed E-state index contributed by atoms with van der Waals surface area (Å²) < 4.78 is 26.6. The molecule has 1 rings (SSSR count). The fourth-order valence-corrected chi connectivity index (χ4v) is 3.42. The van der Waals surface area contributed by atoms with Crippen molar-refractivity contribution < 1.29 is 8.42 Å². The van der Waals surface area contributed by atoms with E-state index in [-0.39, 0.29) is 5.25 Å². The Morgan fingerprint density at radius 2 is 1.94 bits per heavy atom. The standard InChI is InChI=1S/C12H27N3O2S/c1-4-15-7-5-12(6-8-15)10-14-18(16,17)11(2)9-13-3/h11-14H,4-10H2,1-3H3.